The van der Waals surface area contributed by atoms with E-state index in [0.29, 0.717) is 0 Å². The van der Waals surface area contributed by atoms with Gasteiger partial charge in [-0.05, 0) is 41.3 Å². The van der Waals surface area contributed by atoms with Crippen molar-refractivity contribution in [2.24, 2.45) is 0 Å². The zero-order chi connectivity index (χ0) is 14.3. The monoisotopic (exact) mass is 314 g/mol. The molecule has 0 aliphatic carbocycles. The molecule has 20 heavy (non-hydrogen) atoms. The van der Waals surface area contributed by atoms with Crippen molar-refractivity contribution in [1.29, 1.82) is 0 Å². The first-order chi connectivity index (χ1) is 9.00. The molecular weight excluding hydrogens is 288 g/mol. The Hall–Kier alpha value is -0.861. The Kier molecular flexibility index (Phi) is 9.52. The molecule has 2 rings (SSSR count). The summed E-state index contributed by atoms with van der Waals surface area (Å²) in [6.45, 7) is 4.30. The van der Waals surface area contributed by atoms with Gasteiger partial charge in [0.15, 0.2) is 0 Å². The van der Waals surface area contributed by atoms with E-state index in [4.69, 9.17) is 0 Å². The predicted octanol–water partition coefficient (Wildman–Crippen LogP) is 3.24. The molecule has 0 atom stereocenters. The Labute approximate surface area is 134 Å². The molecule has 0 aromatic heterocycles. The van der Waals surface area contributed by atoms with Crippen LogP contribution >= 0.6 is 0 Å². The summed E-state index contributed by atoms with van der Waals surface area (Å²) < 4.78 is 0. The average molecular weight is 314 g/mol. The summed E-state index contributed by atoms with van der Waals surface area (Å²) in [5, 5.41) is 0. The summed E-state index contributed by atoms with van der Waals surface area (Å²) in [5.74, 6) is 0. The summed E-state index contributed by atoms with van der Waals surface area (Å²) in [5.41, 5.74) is 4.35. The van der Waals surface area contributed by atoms with Crippen molar-refractivity contribution in [3.05, 3.63) is 59.2 Å². The second kappa shape index (κ2) is 9.95. The van der Waals surface area contributed by atoms with Crippen molar-refractivity contribution in [1.82, 2.24) is 9.80 Å². The Balaban J connectivity index is 0.000000507. The number of nitrogens with zero attached hydrogens (tertiary/aromatic N) is 2. The Morgan fingerprint density at radius 2 is 1.65 bits per heavy atom. The largest absolute Gasteiger partial charge is 2.00 e. The maximum atomic E-state index is 2.24. The van der Waals surface area contributed by atoms with Crippen LogP contribution in [0.4, 0.5) is 0 Å². The maximum absolute atomic E-state index is 2.24. The molecule has 0 N–H and O–H groups in total. The third kappa shape index (κ3) is 7.06. The van der Waals surface area contributed by atoms with Crippen molar-refractivity contribution < 1.29 is 17.1 Å². The molecule has 2 nitrogen and oxygen atoms in total. The summed E-state index contributed by atoms with van der Waals surface area (Å²) in [7, 11) is 8.44. The average Bonchev–Trinajstić information content (AvgIpc) is 2.96. The van der Waals surface area contributed by atoms with Crippen LogP contribution in [-0.2, 0) is 30.2 Å². The van der Waals surface area contributed by atoms with Crippen LogP contribution in [0.5, 0.6) is 0 Å². The number of hydrogen-bond acceptors (Lipinski definition) is 2. The molecule has 0 saturated carbocycles. The SMILES string of the molecule is Cc1c(CN(C)C)cc[c-]1CN(C)C.[Fe+2].c1cc[cH-]c1. The molecule has 2 aromatic rings. The van der Waals surface area contributed by atoms with E-state index in [0.717, 1.165) is 13.1 Å². The Morgan fingerprint density at radius 3 is 2.05 bits per heavy atom. The normalized spacial score (nSPS) is 10.2. The first-order valence-corrected chi connectivity index (χ1v) is 6.71. The van der Waals surface area contributed by atoms with Crippen LogP contribution in [0.25, 0.3) is 0 Å². The van der Waals surface area contributed by atoms with Gasteiger partial charge in [0.1, 0.15) is 0 Å². The van der Waals surface area contributed by atoms with Gasteiger partial charge in [-0.3, -0.25) is 0 Å². The minimum absolute atomic E-state index is 0. The van der Waals surface area contributed by atoms with Crippen LogP contribution < -0.4 is 0 Å². The number of rotatable bonds is 4. The van der Waals surface area contributed by atoms with Crippen LogP contribution in [0.15, 0.2) is 42.5 Å². The van der Waals surface area contributed by atoms with Gasteiger partial charge in [-0.2, -0.15) is 35.4 Å². The summed E-state index contributed by atoms with van der Waals surface area (Å²) in [6.07, 6.45) is 0. The van der Waals surface area contributed by atoms with E-state index in [-0.39, 0.29) is 17.1 Å². The molecule has 0 aliphatic heterocycles. The molecule has 0 heterocycles. The van der Waals surface area contributed by atoms with Gasteiger partial charge in [-0.25, -0.2) is 18.2 Å². The van der Waals surface area contributed by atoms with Gasteiger partial charge in [0, 0.05) is 0 Å². The molecule has 0 fully saturated rings. The van der Waals surface area contributed by atoms with Crippen LogP contribution in [0.1, 0.15) is 16.7 Å². The fourth-order valence-corrected chi connectivity index (χ4v) is 2.00. The molecule has 112 valence electrons. The van der Waals surface area contributed by atoms with Crippen LogP contribution in [0.2, 0.25) is 0 Å². The molecule has 3 heteroatoms. The van der Waals surface area contributed by atoms with Crippen LogP contribution in [0.3, 0.4) is 0 Å². The Bertz CT molecular complexity index is 397. The second-order valence-corrected chi connectivity index (χ2v) is 5.45. The molecular formula is C17H26FeN2. The van der Waals surface area contributed by atoms with Crippen molar-refractivity contribution in [3.63, 3.8) is 0 Å². The standard InChI is InChI=1S/C12H21N2.C5H5.Fe/c1-10-11(8-13(2)3)6-7-12(10)9-14(4)5;1-2-4-5-3-1;/h6-7H,8-9H2,1-5H3;1-5H;/q2*-1;+2. The van der Waals surface area contributed by atoms with E-state index in [9.17, 15) is 0 Å². The van der Waals surface area contributed by atoms with E-state index in [2.05, 4.69) is 57.0 Å². The first kappa shape index (κ1) is 19.1. The fourth-order valence-electron chi connectivity index (χ4n) is 2.00. The van der Waals surface area contributed by atoms with Crippen LogP contribution in [0, 0.1) is 6.92 Å². The van der Waals surface area contributed by atoms with E-state index in [1.165, 1.54) is 16.7 Å². The fraction of sp³-hybridized carbons (Fsp3) is 0.412. The topological polar surface area (TPSA) is 6.48 Å². The molecule has 0 saturated heterocycles. The third-order valence-corrected chi connectivity index (χ3v) is 2.98. The molecule has 0 aliphatic rings. The van der Waals surface area contributed by atoms with Crippen molar-refractivity contribution in [2.45, 2.75) is 20.0 Å². The van der Waals surface area contributed by atoms with E-state index >= 15 is 0 Å². The minimum Gasteiger partial charge on any atom is -0.317 e. The Morgan fingerprint density at radius 1 is 1.05 bits per heavy atom. The van der Waals surface area contributed by atoms with Gasteiger partial charge >= 0.3 is 17.1 Å². The summed E-state index contributed by atoms with van der Waals surface area (Å²) in [4.78, 5) is 4.42. The van der Waals surface area contributed by atoms with Gasteiger partial charge in [-0.15, -0.1) is 5.56 Å². The second-order valence-electron chi connectivity index (χ2n) is 5.45. The molecule has 0 spiro atoms. The van der Waals surface area contributed by atoms with E-state index < -0.39 is 0 Å². The van der Waals surface area contributed by atoms with Crippen molar-refractivity contribution in [3.8, 4) is 0 Å². The zero-order valence-corrected chi connectivity index (χ0v) is 14.3. The number of hydrogen-bond donors (Lipinski definition) is 0. The van der Waals surface area contributed by atoms with Gasteiger partial charge in [0.05, 0.1) is 0 Å². The summed E-state index contributed by atoms with van der Waals surface area (Å²) in [6, 6.07) is 14.5. The quantitative estimate of drug-likeness (QED) is 0.631. The van der Waals surface area contributed by atoms with Crippen molar-refractivity contribution in [2.75, 3.05) is 28.2 Å². The summed E-state index contributed by atoms with van der Waals surface area (Å²) >= 11 is 0. The van der Waals surface area contributed by atoms with E-state index in [1.807, 2.05) is 30.3 Å². The molecule has 0 amide bonds. The van der Waals surface area contributed by atoms with Gasteiger partial charge in [0.25, 0.3) is 0 Å². The minimum atomic E-state index is 0. The smallest absolute Gasteiger partial charge is 0.317 e. The van der Waals surface area contributed by atoms with E-state index in [1.54, 1.807) is 0 Å². The maximum Gasteiger partial charge on any atom is 2.00 e. The van der Waals surface area contributed by atoms with Gasteiger partial charge in [0.2, 0.25) is 0 Å². The van der Waals surface area contributed by atoms with Gasteiger partial charge in [-0.1, -0.05) is 6.92 Å². The van der Waals surface area contributed by atoms with Gasteiger partial charge < -0.3 is 9.80 Å². The molecule has 0 radical (unpaired) electrons. The zero-order valence-electron chi connectivity index (χ0n) is 13.2. The first-order valence-electron chi connectivity index (χ1n) is 6.71. The molecule has 0 unspecified atom stereocenters. The van der Waals surface area contributed by atoms with Crippen LogP contribution in [-0.4, -0.2) is 38.0 Å². The van der Waals surface area contributed by atoms with Crippen molar-refractivity contribution >= 4 is 0 Å². The predicted molar refractivity (Wildman–Crippen MR) is 83.6 cm³/mol. The molecule has 2 aromatic carbocycles. The third-order valence-electron chi connectivity index (χ3n) is 2.98. The molecule has 0 bridgehead atoms.